The van der Waals surface area contributed by atoms with Crippen molar-refractivity contribution in [1.82, 2.24) is 4.98 Å². The molecule has 0 saturated heterocycles. The maximum Gasteiger partial charge on any atom is 0.227 e. The summed E-state index contributed by atoms with van der Waals surface area (Å²) in [6.07, 6.45) is 4.17. The Morgan fingerprint density at radius 2 is 2.23 bits per heavy atom. The summed E-state index contributed by atoms with van der Waals surface area (Å²) in [5.74, 6) is 0.628. The van der Waals surface area contributed by atoms with E-state index in [0.717, 1.165) is 36.2 Å². The number of benzene rings is 1. The number of nitrogens with one attached hydrogen (secondary N) is 1. The van der Waals surface area contributed by atoms with Crippen LogP contribution in [0, 0.1) is 12.8 Å². The standard InChI is InChI=1S/C16H19N3O2.ClH/c1-10-9-21-16(18-10)12-3-2-4-14(8-12)19-15(20)11-5-6-13(17)7-11;/h2-4,8-9,11,13H,5-7,17H2,1H3,(H,19,20);1H. The first kappa shape index (κ1) is 16.5. The molecule has 1 fully saturated rings. The molecule has 1 aromatic heterocycles. The predicted molar refractivity (Wildman–Crippen MR) is 87.9 cm³/mol. The molecule has 3 rings (SSSR count). The molecule has 2 unspecified atom stereocenters. The molecule has 0 radical (unpaired) electrons. The summed E-state index contributed by atoms with van der Waals surface area (Å²) in [6.45, 7) is 1.88. The molecule has 1 aliphatic carbocycles. The molecule has 0 spiro atoms. The lowest BCUT2D eigenvalue weighted by atomic mass is 10.1. The minimum atomic E-state index is 0. The van der Waals surface area contributed by atoms with Crippen LogP contribution in [0.4, 0.5) is 5.69 Å². The van der Waals surface area contributed by atoms with Gasteiger partial charge >= 0.3 is 0 Å². The van der Waals surface area contributed by atoms with Crippen LogP contribution in [0.1, 0.15) is 25.0 Å². The molecule has 1 aliphatic rings. The Labute approximate surface area is 135 Å². The number of halogens is 1. The predicted octanol–water partition coefficient (Wildman–Crippen LogP) is 3.14. The van der Waals surface area contributed by atoms with E-state index >= 15 is 0 Å². The highest BCUT2D eigenvalue weighted by Crippen LogP contribution is 2.27. The number of hydrogen-bond donors (Lipinski definition) is 2. The molecule has 6 heteroatoms. The summed E-state index contributed by atoms with van der Waals surface area (Å²) in [6, 6.07) is 7.68. The number of nitrogens with two attached hydrogens (primary N) is 1. The van der Waals surface area contributed by atoms with Crippen LogP contribution >= 0.6 is 12.4 Å². The minimum Gasteiger partial charge on any atom is -0.444 e. The van der Waals surface area contributed by atoms with Crippen molar-refractivity contribution in [2.45, 2.75) is 32.2 Å². The van der Waals surface area contributed by atoms with Gasteiger partial charge in [0.2, 0.25) is 11.8 Å². The first-order chi connectivity index (χ1) is 10.1. The van der Waals surface area contributed by atoms with Gasteiger partial charge in [0.25, 0.3) is 0 Å². The van der Waals surface area contributed by atoms with Crippen LogP contribution in [0.3, 0.4) is 0 Å². The Hall–Kier alpha value is -1.85. The fraction of sp³-hybridized carbons (Fsp3) is 0.375. The fourth-order valence-corrected chi connectivity index (χ4v) is 2.72. The molecule has 118 valence electrons. The van der Waals surface area contributed by atoms with E-state index in [1.807, 2.05) is 31.2 Å². The van der Waals surface area contributed by atoms with Crippen LogP contribution in [-0.4, -0.2) is 16.9 Å². The second-order valence-corrected chi connectivity index (χ2v) is 5.63. The van der Waals surface area contributed by atoms with Gasteiger partial charge in [-0.25, -0.2) is 4.98 Å². The van der Waals surface area contributed by atoms with E-state index in [1.54, 1.807) is 6.26 Å². The summed E-state index contributed by atoms with van der Waals surface area (Å²) < 4.78 is 5.38. The van der Waals surface area contributed by atoms with Gasteiger partial charge in [-0.05, 0) is 44.4 Å². The highest BCUT2D eigenvalue weighted by molar-refractivity contribution is 5.93. The summed E-state index contributed by atoms with van der Waals surface area (Å²) in [5.41, 5.74) is 8.30. The van der Waals surface area contributed by atoms with Crippen molar-refractivity contribution in [2.24, 2.45) is 11.7 Å². The molecule has 5 nitrogen and oxygen atoms in total. The lowest BCUT2D eigenvalue weighted by molar-refractivity contribution is -0.119. The number of oxazole rings is 1. The van der Waals surface area contributed by atoms with Crippen molar-refractivity contribution in [1.29, 1.82) is 0 Å². The maximum absolute atomic E-state index is 12.2. The van der Waals surface area contributed by atoms with Crippen LogP contribution in [-0.2, 0) is 4.79 Å². The van der Waals surface area contributed by atoms with Crippen molar-refractivity contribution < 1.29 is 9.21 Å². The van der Waals surface area contributed by atoms with Gasteiger partial charge in [0, 0.05) is 23.2 Å². The van der Waals surface area contributed by atoms with Gasteiger partial charge in [0.05, 0.1) is 5.69 Å². The van der Waals surface area contributed by atoms with Crippen LogP contribution in [0.25, 0.3) is 11.5 Å². The van der Waals surface area contributed by atoms with E-state index < -0.39 is 0 Å². The van der Waals surface area contributed by atoms with Crippen molar-refractivity contribution >= 4 is 24.0 Å². The molecule has 1 amide bonds. The van der Waals surface area contributed by atoms with Crippen LogP contribution < -0.4 is 11.1 Å². The first-order valence-corrected chi connectivity index (χ1v) is 7.21. The zero-order valence-electron chi connectivity index (χ0n) is 12.4. The summed E-state index contributed by atoms with van der Waals surface area (Å²) in [7, 11) is 0. The van der Waals surface area contributed by atoms with Crippen LogP contribution in [0.15, 0.2) is 34.9 Å². The fourth-order valence-electron chi connectivity index (χ4n) is 2.72. The third kappa shape index (κ3) is 3.67. The first-order valence-electron chi connectivity index (χ1n) is 7.21. The normalized spacial score (nSPS) is 20.5. The Morgan fingerprint density at radius 1 is 1.41 bits per heavy atom. The van der Waals surface area contributed by atoms with Crippen LogP contribution in [0.2, 0.25) is 0 Å². The number of aromatic nitrogens is 1. The smallest absolute Gasteiger partial charge is 0.227 e. The number of anilines is 1. The number of carbonyl (C=O) groups is 1. The Kier molecular flexibility index (Phi) is 5.21. The summed E-state index contributed by atoms with van der Waals surface area (Å²) in [5, 5.41) is 2.96. The molecule has 1 heterocycles. The van der Waals surface area contributed by atoms with E-state index in [1.165, 1.54) is 0 Å². The second-order valence-electron chi connectivity index (χ2n) is 5.63. The molecule has 2 aromatic rings. The SMILES string of the molecule is Cc1coc(-c2cccc(NC(=O)C3CCC(N)C3)c2)n1.Cl. The molecule has 0 aliphatic heterocycles. The van der Waals surface area contributed by atoms with E-state index in [9.17, 15) is 4.79 Å². The summed E-state index contributed by atoms with van der Waals surface area (Å²) >= 11 is 0. The van der Waals surface area contributed by atoms with Crippen molar-refractivity contribution in [3.8, 4) is 11.5 Å². The van der Waals surface area contributed by atoms with Crippen molar-refractivity contribution in [2.75, 3.05) is 5.32 Å². The molecular weight excluding hydrogens is 302 g/mol. The Bertz CT molecular complexity index is 656. The zero-order chi connectivity index (χ0) is 14.8. The zero-order valence-corrected chi connectivity index (χ0v) is 13.2. The third-order valence-electron chi connectivity index (χ3n) is 3.84. The van der Waals surface area contributed by atoms with Gasteiger partial charge < -0.3 is 15.5 Å². The van der Waals surface area contributed by atoms with Gasteiger partial charge in [-0.1, -0.05) is 6.07 Å². The Balaban J connectivity index is 0.00000176. The van der Waals surface area contributed by atoms with E-state index in [0.29, 0.717) is 5.89 Å². The van der Waals surface area contributed by atoms with Crippen LogP contribution in [0.5, 0.6) is 0 Å². The molecule has 3 N–H and O–H groups in total. The monoisotopic (exact) mass is 321 g/mol. The number of amides is 1. The number of carbonyl (C=O) groups excluding carboxylic acids is 1. The second kappa shape index (κ2) is 6.94. The average Bonchev–Trinajstić information content (AvgIpc) is 3.08. The molecule has 2 atom stereocenters. The number of aryl methyl sites for hydroxylation is 1. The van der Waals surface area contributed by atoms with Gasteiger partial charge in [-0.2, -0.15) is 0 Å². The number of nitrogens with zero attached hydrogens (tertiary/aromatic N) is 1. The van der Waals surface area contributed by atoms with Gasteiger partial charge in [-0.3, -0.25) is 4.79 Å². The van der Waals surface area contributed by atoms with E-state index in [2.05, 4.69) is 10.3 Å². The van der Waals surface area contributed by atoms with E-state index in [-0.39, 0.29) is 30.3 Å². The maximum atomic E-state index is 12.2. The largest absolute Gasteiger partial charge is 0.444 e. The Morgan fingerprint density at radius 3 is 2.86 bits per heavy atom. The minimum absolute atomic E-state index is 0. The van der Waals surface area contributed by atoms with E-state index in [4.69, 9.17) is 10.2 Å². The highest BCUT2D eigenvalue weighted by Gasteiger charge is 2.27. The average molecular weight is 322 g/mol. The van der Waals surface area contributed by atoms with Crippen molar-refractivity contribution in [3.63, 3.8) is 0 Å². The van der Waals surface area contributed by atoms with Gasteiger partial charge in [-0.15, -0.1) is 12.4 Å². The number of hydrogen-bond acceptors (Lipinski definition) is 4. The molecular formula is C16H20ClN3O2. The molecule has 22 heavy (non-hydrogen) atoms. The number of rotatable bonds is 3. The highest BCUT2D eigenvalue weighted by atomic mass is 35.5. The topological polar surface area (TPSA) is 81.2 Å². The quantitative estimate of drug-likeness (QED) is 0.910. The third-order valence-corrected chi connectivity index (χ3v) is 3.84. The van der Waals surface area contributed by atoms with Gasteiger partial charge in [0.1, 0.15) is 6.26 Å². The molecule has 1 aromatic carbocycles. The lowest BCUT2D eigenvalue weighted by Crippen LogP contribution is -2.23. The lowest BCUT2D eigenvalue weighted by Gasteiger charge is -2.11. The molecule has 1 saturated carbocycles. The molecule has 0 bridgehead atoms. The van der Waals surface area contributed by atoms with Crippen molar-refractivity contribution in [3.05, 3.63) is 36.2 Å². The summed E-state index contributed by atoms with van der Waals surface area (Å²) in [4.78, 5) is 16.5. The van der Waals surface area contributed by atoms with Gasteiger partial charge in [0.15, 0.2) is 0 Å².